The van der Waals surface area contributed by atoms with E-state index in [2.05, 4.69) is 195 Å². The highest BCUT2D eigenvalue weighted by Crippen LogP contribution is 2.52. The lowest BCUT2D eigenvalue weighted by Crippen LogP contribution is -2.53. The highest BCUT2D eigenvalue weighted by molar-refractivity contribution is 9.10. The molecule has 0 saturated heterocycles. The first-order valence-electron chi connectivity index (χ1n) is 21.9. The van der Waals surface area contributed by atoms with Gasteiger partial charge in [0.25, 0.3) is 0 Å². The normalized spacial score (nSPS) is 13.4. The fourth-order valence-corrected chi connectivity index (χ4v) is 14.4. The van der Waals surface area contributed by atoms with Crippen molar-refractivity contribution in [1.82, 2.24) is 0 Å². The van der Waals surface area contributed by atoms with Crippen molar-refractivity contribution in [3.8, 4) is 66.8 Å². The molecule has 0 saturated carbocycles. The molecule has 0 fully saturated rings. The first kappa shape index (κ1) is 35.9. The molecule has 0 bridgehead atoms. The Hall–Kier alpha value is -5.67. The van der Waals surface area contributed by atoms with Gasteiger partial charge in [0.15, 0.2) is 0 Å². The van der Waals surface area contributed by atoms with Crippen LogP contribution in [0.3, 0.4) is 0 Å². The summed E-state index contributed by atoms with van der Waals surface area (Å²) < 4.78 is 2.26. The predicted octanol–water partition coefficient (Wildman–Crippen LogP) is 12.2. The summed E-state index contributed by atoms with van der Waals surface area (Å²) in [5.41, 5.74) is 32.7. The maximum atomic E-state index is 4.04. The number of halogens is 2. The van der Waals surface area contributed by atoms with E-state index in [0.29, 0.717) is 0 Å². The zero-order valence-corrected chi connectivity index (χ0v) is 38.6. The largest absolute Gasteiger partial charge is 0.244 e. The number of fused-ring (bicyclic) bond motifs is 10. The Kier molecular flexibility index (Phi) is 6.98. The average Bonchev–Trinajstić information content (AvgIpc) is 3.74. The van der Waals surface area contributed by atoms with Gasteiger partial charge < -0.3 is 0 Å². The highest BCUT2D eigenvalue weighted by atomic mass is 79.9. The Bertz CT molecular complexity index is 3500. The van der Waals surface area contributed by atoms with Gasteiger partial charge in [-0.25, -0.2) is 0 Å². The van der Waals surface area contributed by atoms with Gasteiger partial charge in [0.05, 0.1) is 0 Å². The summed E-state index contributed by atoms with van der Waals surface area (Å²) in [4.78, 5) is 0. The van der Waals surface area contributed by atoms with E-state index in [1.54, 1.807) is 0 Å². The number of hydrogen-bond donors (Lipinski definition) is 0. The van der Waals surface area contributed by atoms with Crippen LogP contribution in [0.4, 0.5) is 0 Å². The van der Waals surface area contributed by atoms with Crippen LogP contribution in [0.25, 0.3) is 99.1 Å². The molecule has 4 aliphatic rings. The van der Waals surface area contributed by atoms with Crippen molar-refractivity contribution >= 4 is 110 Å². The summed E-state index contributed by atoms with van der Waals surface area (Å²) in [5, 5.41) is 8.38. The molecule has 290 valence electrons. The predicted molar refractivity (Wildman–Crippen MR) is 276 cm³/mol. The third-order valence-corrected chi connectivity index (χ3v) is 16.2. The summed E-state index contributed by atoms with van der Waals surface area (Å²) in [6.45, 7) is 14.0. The maximum absolute atomic E-state index is 4.04. The fourth-order valence-electron chi connectivity index (χ4n) is 13.5. The SMILES string of the molecule is Cc1cc(C)c(-c2cc3c4c(cc5c(-c6c(C)cc(C)cc6C)cc6c7c(cc2c4c57)B2c4ccccc4-c4cc(Br)cc-6c42)B2c4ccccc4-c4cc(Br)cc-3c42)c(C)c1. The van der Waals surface area contributed by atoms with Crippen LogP contribution in [0.5, 0.6) is 0 Å². The quantitative estimate of drug-likeness (QED) is 0.120. The van der Waals surface area contributed by atoms with Crippen molar-refractivity contribution in [3.05, 3.63) is 164 Å². The molecule has 0 unspecified atom stereocenters. The van der Waals surface area contributed by atoms with E-state index in [1.807, 2.05) is 0 Å². The van der Waals surface area contributed by atoms with E-state index in [4.69, 9.17) is 0 Å². The van der Waals surface area contributed by atoms with Gasteiger partial charge in [-0.15, -0.1) is 0 Å². The molecule has 0 atom stereocenters. The maximum Gasteiger partial charge on any atom is 0.244 e. The Morgan fingerprint density at radius 3 is 1.06 bits per heavy atom. The van der Waals surface area contributed by atoms with Crippen LogP contribution in [-0.4, -0.2) is 13.4 Å². The van der Waals surface area contributed by atoms with Crippen molar-refractivity contribution in [2.45, 2.75) is 41.5 Å². The zero-order chi connectivity index (χ0) is 41.8. The minimum absolute atomic E-state index is 0.137. The van der Waals surface area contributed by atoms with Gasteiger partial charge in [-0.3, -0.25) is 0 Å². The van der Waals surface area contributed by atoms with Gasteiger partial charge in [0.1, 0.15) is 0 Å². The molecule has 10 aromatic carbocycles. The second-order valence-electron chi connectivity index (χ2n) is 18.9. The van der Waals surface area contributed by atoms with E-state index < -0.39 is 0 Å². The van der Waals surface area contributed by atoms with Gasteiger partial charge in [0.2, 0.25) is 13.4 Å². The van der Waals surface area contributed by atoms with Crippen molar-refractivity contribution < 1.29 is 0 Å². The summed E-state index contributed by atoms with van der Waals surface area (Å²) in [6.07, 6.45) is 0. The lowest BCUT2D eigenvalue weighted by atomic mass is 9.34. The van der Waals surface area contributed by atoms with Gasteiger partial charge in [0, 0.05) is 8.95 Å². The van der Waals surface area contributed by atoms with Gasteiger partial charge >= 0.3 is 0 Å². The summed E-state index contributed by atoms with van der Waals surface area (Å²) >= 11 is 8.08. The minimum atomic E-state index is 0.137. The number of hydrogen-bond acceptors (Lipinski definition) is 0. The van der Waals surface area contributed by atoms with Crippen molar-refractivity contribution in [2.24, 2.45) is 0 Å². The highest BCUT2D eigenvalue weighted by Gasteiger charge is 2.45. The Morgan fingerprint density at radius 2 is 0.677 bits per heavy atom. The molecule has 4 heterocycles. The molecule has 10 aromatic rings. The molecular formula is C58H38B2Br2. The minimum Gasteiger partial charge on any atom is -0.0664 e. The van der Waals surface area contributed by atoms with Crippen LogP contribution in [0.1, 0.15) is 33.4 Å². The van der Waals surface area contributed by atoms with E-state index in [1.165, 1.54) is 165 Å². The lowest BCUT2D eigenvalue weighted by molar-refractivity contribution is 1.32. The van der Waals surface area contributed by atoms with Crippen LogP contribution >= 0.6 is 31.9 Å². The molecular weight excluding hydrogens is 878 g/mol. The molecule has 0 amide bonds. The van der Waals surface area contributed by atoms with Crippen LogP contribution in [0.15, 0.2) is 130 Å². The number of aryl methyl sites for hydroxylation is 6. The Labute approximate surface area is 379 Å². The molecule has 4 heteroatoms. The van der Waals surface area contributed by atoms with Crippen LogP contribution in [0.2, 0.25) is 0 Å². The Morgan fingerprint density at radius 1 is 0.323 bits per heavy atom. The van der Waals surface area contributed by atoms with Crippen molar-refractivity contribution in [2.75, 3.05) is 0 Å². The second-order valence-corrected chi connectivity index (χ2v) is 20.7. The fraction of sp³-hybridized carbons (Fsp3) is 0.103. The molecule has 0 N–H and O–H groups in total. The average molecular weight is 916 g/mol. The monoisotopic (exact) mass is 914 g/mol. The summed E-state index contributed by atoms with van der Waals surface area (Å²) in [6, 6.07) is 48.0. The molecule has 4 aliphatic heterocycles. The molecule has 0 aliphatic carbocycles. The van der Waals surface area contributed by atoms with Crippen molar-refractivity contribution in [1.29, 1.82) is 0 Å². The van der Waals surface area contributed by atoms with Crippen LogP contribution in [-0.2, 0) is 0 Å². The summed E-state index contributed by atoms with van der Waals surface area (Å²) in [7, 11) is 0. The van der Waals surface area contributed by atoms with Crippen molar-refractivity contribution in [3.63, 3.8) is 0 Å². The van der Waals surface area contributed by atoms with Gasteiger partial charge in [-0.2, -0.15) is 0 Å². The Balaban J connectivity index is 1.28. The molecule has 0 nitrogen and oxygen atoms in total. The van der Waals surface area contributed by atoms with E-state index in [0.717, 1.165) is 8.95 Å². The van der Waals surface area contributed by atoms with E-state index in [-0.39, 0.29) is 13.4 Å². The molecule has 62 heavy (non-hydrogen) atoms. The first-order valence-corrected chi connectivity index (χ1v) is 23.5. The third-order valence-electron chi connectivity index (χ3n) is 15.2. The van der Waals surface area contributed by atoms with Crippen LogP contribution < -0.4 is 32.8 Å². The van der Waals surface area contributed by atoms with Gasteiger partial charge in [-0.05, 0) is 199 Å². The second kappa shape index (κ2) is 12.1. The van der Waals surface area contributed by atoms with Gasteiger partial charge in [-0.1, -0.05) is 161 Å². The van der Waals surface area contributed by atoms with E-state index in [9.17, 15) is 0 Å². The smallest absolute Gasteiger partial charge is 0.0664 e. The molecule has 14 rings (SSSR count). The number of benzene rings is 10. The molecule has 0 radical (unpaired) electrons. The first-order chi connectivity index (χ1) is 30.0. The third kappa shape index (κ3) is 4.36. The number of rotatable bonds is 2. The topological polar surface area (TPSA) is 0 Å². The lowest BCUT2D eigenvalue weighted by Gasteiger charge is -2.33. The summed E-state index contributed by atoms with van der Waals surface area (Å²) in [5.74, 6) is 0. The molecule has 0 spiro atoms. The van der Waals surface area contributed by atoms with E-state index >= 15 is 0 Å². The zero-order valence-electron chi connectivity index (χ0n) is 35.5. The molecule has 0 aromatic heterocycles. The van der Waals surface area contributed by atoms with Crippen LogP contribution in [0, 0.1) is 41.5 Å². The standard InChI is InChI=1S/C58H38B2Br2/c1-27-15-29(3)51(30(4)16-27)37-23-39-45-21-33(61)19-43-35-11-8-10-14-48(35)60(57(43)45)50-26-42-38(52-31(5)17-28(2)18-32(52)6)24-40-46-22-34(62)20-44-36-12-7-9-13-47(36)59(58(44)46)49-25-41(37)55(53(39)50)56(42)54(40)49/h7-26H,1-6H3.